The van der Waals surface area contributed by atoms with Gasteiger partial charge in [0, 0.05) is 12.3 Å². The van der Waals surface area contributed by atoms with Gasteiger partial charge in [-0.15, -0.1) is 0 Å². The maximum atomic E-state index is 10.7. The van der Waals surface area contributed by atoms with Crippen LogP contribution in [0.5, 0.6) is 0 Å². The molecule has 0 aromatic heterocycles. The molecule has 0 aliphatic heterocycles. The van der Waals surface area contributed by atoms with E-state index in [-0.39, 0.29) is 18.2 Å². The number of nitrogens with two attached hydrogens (primary N) is 1. The molecule has 1 atom stereocenters. The summed E-state index contributed by atoms with van der Waals surface area (Å²) in [6.07, 6.45) is 7.65. The van der Waals surface area contributed by atoms with Crippen molar-refractivity contribution >= 4 is 11.6 Å². The zero-order valence-electron chi connectivity index (χ0n) is 7.43. The van der Waals surface area contributed by atoms with Gasteiger partial charge < -0.3 is 10.6 Å². The van der Waals surface area contributed by atoms with E-state index in [9.17, 15) is 4.79 Å². The summed E-state index contributed by atoms with van der Waals surface area (Å²) in [5.41, 5.74) is 5.81. The fraction of sp³-hybridized carbons (Fsp3) is 0.333. The van der Waals surface area contributed by atoms with Crippen LogP contribution >= 0.6 is 0 Å². The Hall–Kier alpha value is -1.58. The van der Waals surface area contributed by atoms with Gasteiger partial charge in [-0.3, -0.25) is 4.79 Å². The lowest BCUT2D eigenvalue weighted by atomic mass is 9.95. The van der Waals surface area contributed by atoms with Gasteiger partial charge in [-0.2, -0.15) is 0 Å². The molecule has 0 bridgehead atoms. The normalized spacial score (nSPS) is 23.5. The first kappa shape index (κ1) is 9.51. The first-order chi connectivity index (χ1) is 6.24. The highest BCUT2D eigenvalue weighted by molar-refractivity contribution is 6.00. The maximum Gasteiger partial charge on any atom is 0.218 e. The topological polar surface area (TPSA) is 64.7 Å². The Morgan fingerprint density at radius 1 is 1.69 bits per heavy atom. The van der Waals surface area contributed by atoms with Crippen LogP contribution in [0.3, 0.4) is 0 Å². The molecule has 0 spiro atoms. The van der Waals surface area contributed by atoms with E-state index < -0.39 is 0 Å². The van der Waals surface area contributed by atoms with Gasteiger partial charge in [0.15, 0.2) is 0 Å². The number of carbonyl (C=O) groups excluding carboxylic acids is 1. The maximum absolute atomic E-state index is 10.7. The smallest absolute Gasteiger partial charge is 0.218 e. The second-order valence-corrected chi connectivity index (χ2v) is 2.72. The third kappa shape index (κ3) is 2.74. The Kier molecular flexibility index (Phi) is 3.25. The van der Waals surface area contributed by atoms with Gasteiger partial charge in [0.2, 0.25) is 5.91 Å². The molecule has 4 heteroatoms. The summed E-state index contributed by atoms with van der Waals surface area (Å²) in [5, 5.41) is 3.79. The number of carbonyl (C=O) groups is 1. The summed E-state index contributed by atoms with van der Waals surface area (Å²) in [4.78, 5) is 15.3. The average Bonchev–Trinajstić information content (AvgIpc) is 2.08. The Morgan fingerprint density at radius 3 is 3.08 bits per heavy atom. The van der Waals surface area contributed by atoms with E-state index in [0.29, 0.717) is 0 Å². The molecule has 4 nitrogen and oxygen atoms in total. The molecule has 1 unspecified atom stereocenters. The van der Waals surface area contributed by atoms with Crippen LogP contribution in [-0.2, 0) is 9.63 Å². The standard InChI is InChI=1S/C9H12N2O2/c1-13-11-8-5-3-2-4-7(8)6-9(10)12/h2-5,7H,6H2,1H3,(H2,10,12). The Morgan fingerprint density at radius 2 is 2.46 bits per heavy atom. The molecule has 13 heavy (non-hydrogen) atoms. The minimum Gasteiger partial charge on any atom is -0.399 e. The number of oxime groups is 1. The molecule has 0 aromatic carbocycles. The van der Waals surface area contributed by atoms with Crippen molar-refractivity contribution < 1.29 is 9.63 Å². The second kappa shape index (κ2) is 4.45. The predicted molar refractivity (Wildman–Crippen MR) is 50.0 cm³/mol. The van der Waals surface area contributed by atoms with Crippen molar-refractivity contribution in [1.82, 2.24) is 0 Å². The van der Waals surface area contributed by atoms with Gasteiger partial charge >= 0.3 is 0 Å². The fourth-order valence-electron chi connectivity index (χ4n) is 1.17. The molecule has 0 saturated heterocycles. The van der Waals surface area contributed by atoms with Crippen molar-refractivity contribution in [2.45, 2.75) is 6.42 Å². The summed E-state index contributed by atoms with van der Waals surface area (Å²) in [6.45, 7) is 0. The molecule has 70 valence electrons. The molecule has 1 amide bonds. The van der Waals surface area contributed by atoms with Gasteiger partial charge in [0.05, 0.1) is 5.71 Å². The van der Waals surface area contributed by atoms with E-state index in [1.165, 1.54) is 7.11 Å². The van der Waals surface area contributed by atoms with E-state index in [4.69, 9.17) is 5.73 Å². The van der Waals surface area contributed by atoms with Crippen LogP contribution in [0.15, 0.2) is 29.5 Å². The molecule has 2 N–H and O–H groups in total. The molecule has 0 fully saturated rings. The van der Waals surface area contributed by atoms with Crippen LogP contribution in [0.4, 0.5) is 0 Å². The molecule has 1 aliphatic carbocycles. The molecule has 0 saturated carbocycles. The van der Waals surface area contributed by atoms with Crippen LogP contribution in [0.1, 0.15) is 6.42 Å². The number of nitrogens with zero attached hydrogens (tertiary/aromatic N) is 1. The van der Waals surface area contributed by atoms with E-state index in [1.807, 2.05) is 18.2 Å². The van der Waals surface area contributed by atoms with Crippen molar-refractivity contribution in [2.75, 3.05) is 7.11 Å². The van der Waals surface area contributed by atoms with Crippen LogP contribution in [0, 0.1) is 5.92 Å². The van der Waals surface area contributed by atoms with Gasteiger partial charge in [-0.25, -0.2) is 0 Å². The van der Waals surface area contributed by atoms with Gasteiger partial charge in [0.1, 0.15) is 7.11 Å². The molecule has 1 aliphatic rings. The number of primary amides is 1. The van der Waals surface area contributed by atoms with Gasteiger partial charge in [-0.05, 0) is 6.08 Å². The molecule has 0 aromatic rings. The minimum absolute atomic E-state index is 0.0533. The Balaban J connectivity index is 2.70. The largest absolute Gasteiger partial charge is 0.399 e. The first-order valence-corrected chi connectivity index (χ1v) is 3.98. The average molecular weight is 180 g/mol. The van der Waals surface area contributed by atoms with Crippen molar-refractivity contribution in [1.29, 1.82) is 0 Å². The Labute approximate surface area is 76.7 Å². The Bertz CT molecular complexity index is 279. The molecular weight excluding hydrogens is 168 g/mol. The molecule has 0 radical (unpaired) electrons. The monoisotopic (exact) mass is 180 g/mol. The lowest BCUT2D eigenvalue weighted by Crippen LogP contribution is -2.21. The van der Waals surface area contributed by atoms with Crippen molar-refractivity contribution in [2.24, 2.45) is 16.8 Å². The number of hydrogen-bond donors (Lipinski definition) is 1. The third-order valence-corrected chi connectivity index (χ3v) is 1.72. The van der Waals surface area contributed by atoms with Gasteiger partial charge in [-0.1, -0.05) is 23.4 Å². The van der Waals surface area contributed by atoms with E-state index in [2.05, 4.69) is 9.99 Å². The summed E-state index contributed by atoms with van der Waals surface area (Å²) >= 11 is 0. The SMILES string of the molecule is CON=C1C=CC=CC1CC(N)=O. The lowest BCUT2D eigenvalue weighted by molar-refractivity contribution is -0.118. The van der Waals surface area contributed by atoms with Crippen molar-refractivity contribution in [3.8, 4) is 0 Å². The molecule has 1 rings (SSSR count). The molecule has 0 heterocycles. The zero-order valence-corrected chi connectivity index (χ0v) is 7.43. The number of amides is 1. The molecular formula is C9H12N2O2. The highest BCUT2D eigenvalue weighted by atomic mass is 16.6. The van der Waals surface area contributed by atoms with Crippen molar-refractivity contribution in [3.05, 3.63) is 24.3 Å². The third-order valence-electron chi connectivity index (χ3n) is 1.72. The zero-order chi connectivity index (χ0) is 9.68. The summed E-state index contributed by atoms with van der Waals surface area (Å²) in [7, 11) is 1.47. The van der Waals surface area contributed by atoms with E-state index in [0.717, 1.165) is 5.71 Å². The lowest BCUT2D eigenvalue weighted by Gasteiger charge is -2.12. The number of rotatable bonds is 3. The summed E-state index contributed by atoms with van der Waals surface area (Å²) in [5.74, 6) is -0.392. The fourth-order valence-corrected chi connectivity index (χ4v) is 1.17. The van der Waals surface area contributed by atoms with Crippen LogP contribution < -0.4 is 5.73 Å². The quantitative estimate of drug-likeness (QED) is 0.646. The highest BCUT2D eigenvalue weighted by Crippen LogP contribution is 2.13. The predicted octanol–water partition coefficient (Wildman–Crippen LogP) is 0.606. The minimum atomic E-state index is -0.339. The first-order valence-electron chi connectivity index (χ1n) is 3.98. The number of allylic oxidation sites excluding steroid dienone is 4. The second-order valence-electron chi connectivity index (χ2n) is 2.72. The highest BCUT2D eigenvalue weighted by Gasteiger charge is 2.15. The van der Waals surface area contributed by atoms with Crippen LogP contribution in [0.25, 0.3) is 0 Å². The number of hydrogen-bond acceptors (Lipinski definition) is 3. The summed E-state index contributed by atoms with van der Waals surface area (Å²) in [6, 6.07) is 0. The van der Waals surface area contributed by atoms with E-state index in [1.54, 1.807) is 6.08 Å². The van der Waals surface area contributed by atoms with Gasteiger partial charge in [0.25, 0.3) is 0 Å². The van der Waals surface area contributed by atoms with Crippen LogP contribution in [0.2, 0.25) is 0 Å². The van der Waals surface area contributed by atoms with Crippen molar-refractivity contribution in [3.63, 3.8) is 0 Å². The van der Waals surface area contributed by atoms with E-state index >= 15 is 0 Å². The summed E-state index contributed by atoms with van der Waals surface area (Å²) < 4.78 is 0. The van der Waals surface area contributed by atoms with Crippen LogP contribution in [-0.4, -0.2) is 18.7 Å².